The van der Waals surface area contributed by atoms with Crippen molar-refractivity contribution in [3.63, 3.8) is 0 Å². The van der Waals surface area contributed by atoms with E-state index >= 15 is 0 Å². The monoisotopic (exact) mass is 261 g/mol. The van der Waals surface area contributed by atoms with Gasteiger partial charge in [0, 0.05) is 25.0 Å². The van der Waals surface area contributed by atoms with Crippen LogP contribution < -0.4 is 5.32 Å². The van der Waals surface area contributed by atoms with Crippen LogP contribution in [0.25, 0.3) is 0 Å². The molecule has 1 N–H and O–H groups in total. The molecular formula is C14H23N5. The molecule has 0 aromatic carbocycles. The van der Waals surface area contributed by atoms with Crippen molar-refractivity contribution in [1.29, 1.82) is 0 Å². The third-order valence-corrected chi connectivity index (χ3v) is 3.39. The van der Waals surface area contributed by atoms with Gasteiger partial charge in [0.05, 0.1) is 6.54 Å². The van der Waals surface area contributed by atoms with Crippen LogP contribution in [-0.4, -0.2) is 26.4 Å². The zero-order valence-corrected chi connectivity index (χ0v) is 12.0. The molecule has 104 valence electrons. The smallest absolute Gasteiger partial charge is 0.146 e. The Hall–Kier alpha value is -1.62. The lowest BCUT2D eigenvalue weighted by atomic mass is 10.1. The quantitative estimate of drug-likeness (QED) is 0.831. The van der Waals surface area contributed by atoms with Gasteiger partial charge in [0.1, 0.15) is 12.2 Å². The van der Waals surface area contributed by atoms with Crippen molar-refractivity contribution in [2.75, 3.05) is 7.05 Å². The molecule has 0 saturated carbocycles. The highest BCUT2D eigenvalue weighted by Gasteiger charge is 2.09. The maximum atomic E-state index is 4.34. The minimum absolute atomic E-state index is 0.426. The zero-order chi connectivity index (χ0) is 13.7. The van der Waals surface area contributed by atoms with E-state index in [-0.39, 0.29) is 0 Å². The summed E-state index contributed by atoms with van der Waals surface area (Å²) in [4.78, 5) is 4.34. The summed E-state index contributed by atoms with van der Waals surface area (Å²) in [5, 5.41) is 7.58. The molecule has 0 aliphatic rings. The molecule has 0 saturated heterocycles. The van der Waals surface area contributed by atoms with Crippen LogP contribution in [0.4, 0.5) is 0 Å². The van der Waals surface area contributed by atoms with Crippen LogP contribution in [0, 0.1) is 0 Å². The zero-order valence-electron chi connectivity index (χ0n) is 12.0. The highest BCUT2D eigenvalue weighted by atomic mass is 15.3. The van der Waals surface area contributed by atoms with E-state index in [1.54, 1.807) is 6.33 Å². The molecule has 5 heteroatoms. The molecule has 5 nitrogen and oxygen atoms in total. The Morgan fingerprint density at radius 2 is 2.21 bits per heavy atom. The Morgan fingerprint density at radius 1 is 1.37 bits per heavy atom. The van der Waals surface area contributed by atoms with Gasteiger partial charge in [-0.3, -0.25) is 0 Å². The molecule has 0 radical (unpaired) electrons. The van der Waals surface area contributed by atoms with Crippen molar-refractivity contribution < 1.29 is 0 Å². The first kappa shape index (κ1) is 13.8. The minimum atomic E-state index is 0.426. The Kier molecular flexibility index (Phi) is 4.74. The highest BCUT2D eigenvalue weighted by Crippen LogP contribution is 2.16. The summed E-state index contributed by atoms with van der Waals surface area (Å²) in [5.74, 6) is 1.02. The molecule has 19 heavy (non-hydrogen) atoms. The van der Waals surface area contributed by atoms with E-state index in [1.165, 1.54) is 5.56 Å². The summed E-state index contributed by atoms with van der Waals surface area (Å²) < 4.78 is 4.15. The van der Waals surface area contributed by atoms with Crippen LogP contribution in [-0.2, 0) is 13.1 Å². The Morgan fingerprint density at radius 3 is 2.89 bits per heavy atom. The molecular weight excluding hydrogens is 238 g/mol. The molecule has 0 spiro atoms. The van der Waals surface area contributed by atoms with E-state index in [2.05, 4.69) is 52.3 Å². The predicted molar refractivity (Wildman–Crippen MR) is 75.9 cm³/mol. The third-order valence-electron chi connectivity index (χ3n) is 3.39. The molecule has 2 rings (SSSR count). The van der Waals surface area contributed by atoms with E-state index in [0.717, 1.165) is 31.8 Å². The fourth-order valence-corrected chi connectivity index (χ4v) is 2.34. The molecule has 0 aliphatic carbocycles. The first-order chi connectivity index (χ1) is 9.28. The minimum Gasteiger partial charge on any atom is -0.346 e. The van der Waals surface area contributed by atoms with Crippen LogP contribution in [0.3, 0.4) is 0 Å². The SMILES string of the molecule is CCCn1ncnc1Cn1ccc(C(CC)NC)c1. The molecule has 0 bridgehead atoms. The van der Waals surface area contributed by atoms with E-state index in [9.17, 15) is 0 Å². The first-order valence-electron chi connectivity index (χ1n) is 6.98. The van der Waals surface area contributed by atoms with E-state index in [1.807, 2.05) is 11.7 Å². The second kappa shape index (κ2) is 6.52. The Balaban J connectivity index is 2.09. The second-order valence-electron chi connectivity index (χ2n) is 4.77. The number of aryl methyl sites for hydroxylation is 1. The largest absolute Gasteiger partial charge is 0.346 e. The maximum absolute atomic E-state index is 4.34. The van der Waals surface area contributed by atoms with Gasteiger partial charge in [-0.2, -0.15) is 5.10 Å². The normalized spacial score (nSPS) is 12.8. The summed E-state index contributed by atoms with van der Waals surface area (Å²) in [6, 6.07) is 2.60. The lowest BCUT2D eigenvalue weighted by Crippen LogP contribution is -2.14. The molecule has 0 aliphatic heterocycles. The summed E-state index contributed by atoms with van der Waals surface area (Å²) in [7, 11) is 2.00. The summed E-state index contributed by atoms with van der Waals surface area (Å²) in [6.45, 7) is 6.05. The van der Waals surface area contributed by atoms with Crippen molar-refractivity contribution in [3.05, 3.63) is 36.2 Å². The topological polar surface area (TPSA) is 47.7 Å². The van der Waals surface area contributed by atoms with Gasteiger partial charge in [-0.1, -0.05) is 13.8 Å². The van der Waals surface area contributed by atoms with Gasteiger partial charge in [0.2, 0.25) is 0 Å². The van der Waals surface area contributed by atoms with Crippen molar-refractivity contribution in [1.82, 2.24) is 24.6 Å². The van der Waals surface area contributed by atoms with Crippen LogP contribution >= 0.6 is 0 Å². The van der Waals surface area contributed by atoms with Gasteiger partial charge < -0.3 is 9.88 Å². The van der Waals surface area contributed by atoms with Gasteiger partial charge in [-0.15, -0.1) is 0 Å². The van der Waals surface area contributed by atoms with Crippen LogP contribution in [0.15, 0.2) is 24.8 Å². The molecule has 0 fully saturated rings. The van der Waals surface area contributed by atoms with Crippen molar-refractivity contribution in [2.45, 2.75) is 45.8 Å². The summed E-state index contributed by atoms with van der Waals surface area (Å²) in [6.07, 6.45) is 8.10. The number of hydrogen-bond donors (Lipinski definition) is 1. The molecule has 1 unspecified atom stereocenters. The lowest BCUT2D eigenvalue weighted by molar-refractivity contribution is 0.551. The Labute approximate surface area is 114 Å². The number of rotatable bonds is 7. The Bertz CT molecular complexity index is 495. The second-order valence-corrected chi connectivity index (χ2v) is 4.77. The molecule has 2 aromatic heterocycles. The summed E-state index contributed by atoms with van der Waals surface area (Å²) in [5.41, 5.74) is 1.33. The van der Waals surface area contributed by atoms with Crippen LogP contribution in [0.1, 0.15) is 44.1 Å². The van der Waals surface area contributed by atoms with Gasteiger partial charge in [0.25, 0.3) is 0 Å². The van der Waals surface area contributed by atoms with E-state index < -0.39 is 0 Å². The average Bonchev–Trinajstić information content (AvgIpc) is 3.03. The molecule has 1 atom stereocenters. The van der Waals surface area contributed by atoms with Crippen LogP contribution in [0.2, 0.25) is 0 Å². The standard InChI is InChI=1S/C14H23N5/c1-4-7-19-14(16-11-17-19)10-18-8-6-12(9-18)13(5-2)15-3/h6,8-9,11,13,15H,4-5,7,10H2,1-3H3. The number of nitrogens with one attached hydrogen (secondary N) is 1. The van der Waals surface area contributed by atoms with Crippen molar-refractivity contribution in [3.8, 4) is 0 Å². The van der Waals surface area contributed by atoms with Crippen molar-refractivity contribution in [2.24, 2.45) is 0 Å². The van der Waals surface area contributed by atoms with E-state index in [4.69, 9.17) is 0 Å². The molecule has 0 amide bonds. The van der Waals surface area contributed by atoms with Gasteiger partial charge in [0.15, 0.2) is 0 Å². The average molecular weight is 261 g/mol. The number of aromatic nitrogens is 4. The summed E-state index contributed by atoms with van der Waals surface area (Å²) >= 11 is 0. The highest BCUT2D eigenvalue weighted by molar-refractivity contribution is 5.15. The van der Waals surface area contributed by atoms with Gasteiger partial charge in [-0.25, -0.2) is 9.67 Å². The van der Waals surface area contributed by atoms with Crippen LogP contribution in [0.5, 0.6) is 0 Å². The number of nitrogens with zero attached hydrogens (tertiary/aromatic N) is 4. The van der Waals surface area contributed by atoms with E-state index in [0.29, 0.717) is 6.04 Å². The maximum Gasteiger partial charge on any atom is 0.146 e. The number of hydrogen-bond acceptors (Lipinski definition) is 3. The molecule has 2 aromatic rings. The third kappa shape index (κ3) is 3.23. The van der Waals surface area contributed by atoms with Crippen molar-refractivity contribution >= 4 is 0 Å². The first-order valence-corrected chi connectivity index (χ1v) is 6.98. The molecule has 2 heterocycles. The van der Waals surface area contributed by atoms with Gasteiger partial charge >= 0.3 is 0 Å². The lowest BCUT2D eigenvalue weighted by Gasteiger charge is -2.11. The fraction of sp³-hybridized carbons (Fsp3) is 0.571. The predicted octanol–water partition coefficient (Wildman–Crippen LogP) is 2.21. The van der Waals surface area contributed by atoms with Gasteiger partial charge in [-0.05, 0) is 31.5 Å². The fourth-order valence-electron chi connectivity index (χ4n) is 2.34.